The number of ether oxygens (including phenoxy) is 1. The molecule has 2 fully saturated rings. The van der Waals surface area contributed by atoms with E-state index >= 15 is 0 Å². The Labute approximate surface area is 150 Å². The third-order valence-corrected chi connectivity index (χ3v) is 4.57. The van der Waals surface area contributed by atoms with Crippen LogP contribution in [0.4, 0.5) is 0 Å². The van der Waals surface area contributed by atoms with E-state index in [4.69, 9.17) is 4.74 Å². The van der Waals surface area contributed by atoms with Crippen molar-refractivity contribution >= 4 is 11.9 Å². The molecule has 0 N–H and O–H groups in total. The fourth-order valence-corrected chi connectivity index (χ4v) is 3.40. The molecule has 9 heteroatoms. The number of amides is 1. The van der Waals surface area contributed by atoms with Gasteiger partial charge in [0.1, 0.15) is 5.10 Å². The molecule has 2 unspecified atom stereocenters. The normalized spacial score (nSPS) is 24.1. The van der Waals surface area contributed by atoms with Crippen LogP contribution in [0.5, 0.6) is 0 Å². The lowest BCUT2D eigenvalue weighted by molar-refractivity contribution is -0.486. The molecule has 1 aromatic rings. The largest absolute Gasteiger partial charge is 0.378 e. The smallest absolute Gasteiger partial charge is 0.281 e. The highest BCUT2D eigenvalue weighted by Crippen LogP contribution is 2.23. The number of carbonyl (C=O) groups excluding carboxylic acids is 1. The summed E-state index contributed by atoms with van der Waals surface area (Å²) in [5.74, 6) is -0.197. The van der Waals surface area contributed by atoms with Crippen molar-refractivity contribution in [2.75, 3.05) is 26.2 Å². The van der Waals surface area contributed by atoms with Gasteiger partial charge in [-0.15, -0.1) is 0 Å². The molecule has 0 radical (unpaired) electrons. The molecule has 0 aromatic heterocycles. The van der Waals surface area contributed by atoms with Crippen molar-refractivity contribution in [3.05, 3.63) is 45.5 Å². The van der Waals surface area contributed by atoms with Gasteiger partial charge in [0, 0.05) is 25.6 Å². The fraction of sp³-hybridized carbons (Fsp3) is 0.471. The molecule has 9 nitrogen and oxygen atoms in total. The molecule has 1 amide bonds. The van der Waals surface area contributed by atoms with E-state index in [2.05, 4.69) is 5.10 Å². The predicted molar refractivity (Wildman–Crippen MR) is 91.7 cm³/mol. The third kappa shape index (κ3) is 3.65. The van der Waals surface area contributed by atoms with Crippen LogP contribution in [0.25, 0.3) is 0 Å². The van der Waals surface area contributed by atoms with E-state index in [0.29, 0.717) is 19.7 Å². The number of nitrogens with zero attached hydrogens (tertiary/aromatic N) is 5. The Balaban J connectivity index is 1.84. The predicted octanol–water partition coefficient (Wildman–Crippen LogP) is 1.29. The Morgan fingerprint density at radius 2 is 2.23 bits per heavy atom. The van der Waals surface area contributed by atoms with Crippen LogP contribution < -0.4 is 0 Å². The number of hydrogen-bond donors (Lipinski definition) is 0. The second kappa shape index (κ2) is 7.49. The zero-order chi connectivity index (χ0) is 18.7. The molecule has 1 aromatic carbocycles. The van der Waals surface area contributed by atoms with Crippen molar-refractivity contribution < 1.29 is 14.6 Å². The molecule has 0 bridgehead atoms. The number of guanidine groups is 1. The topological polar surface area (TPSA) is 112 Å². The maximum absolute atomic E-state index is 12.9. The first-order valence-electron chi connectivity index (χ1n) is 8.40. The van der Waals surface area contributed by atoms with Gasteiger partial charge in [0.2, 0.25) is 0 Å². The van der Waals surface area contributed by atoms with Crippen LogP contribution >= 0.6 is 0 Å². The first-order chi connectivity index (χ1) is 12.5. The van der Waals surface area contributed by atoms with Gasteiger partial charge in [-0.1, -0.05) is 12.1 Å². The molecule has 0 aliphatic carbocycles. The van der Waals surface area contributed by atoms with Crippen molar-refractivity contribution in [1.82, 2.24) is 9.80 Å². The SMILES string of the molecule is CC1CC(CN2CCN(C(=O)c3ccccc3C#N)C2=N[N+](=O)[O-])CO1. The minimum absolute atomic E-state index is 0.0206. The average Bonchev–Trinajstić information content (AvgIpc) is 3.20. The lowest BCUT2D eigenvalue weighted by Crippen LogP contribution is -2.40. The molecule has 136 valence electrons. The summed E-state index contributed by atoms with van der Waals surface area (Å²) in [6.45, 7) is 3.87. The molecule has 2 saturated heterocycles. The molecule has 2 atom stereocenters. The van der Waals surface area contributed by atoms with Gasteiger partial charge in [-0.05, 0) is 25.5 Å². The number of nitro groups is 1. The second-order valence-electron chi connectivity index (χ2n) is 6.44. The van der Waals surface area contributed by atoms with Gasteiger partial charge in [-0.2, -0.15) is 5.26 Å². The van der Waals surface area contributed by atoms with Gasteiger partial charge in [0.05, 0.1) is 29.9 Å². The van der Waals surface area contributed by atoms with Crippen LogP contribution in [0.1, 0.15) is 29.3 Å². The number of benzene rings is 1. The van der Waals surface area contributed by atoms with Crippen LogP contribution in [-0.2, 0) is 4.74 Å². The van der Waals surface area contributed by atoms with E-state index in [-0.39, 0.29) is 35.7 Å². The summed E-state index contributed by atoms with van der Waals surface area (Å²) in [7, 11) is 0. The first kappa shape index (κ1) is 17.8. The van der Waals surface area contributed by atoms with Crippen molar-refractivity contribution in [3.63, 3.8) is 0 Å². The van der Waals surface area contributed by atoms with Gasteiger partial charge in [-0.3, -0.25) is 9.69 Å². The average molecular weight is 357 g/mol. The van der Waals surface area contributed by atoms with E-state index in [1.165, 1.54) is 4.90 Å². The number of hydrogen-bond acceptors (Lipinski definition) is 5. The zero-order valence-electron chi connectivity index (χ0n) is 14.4. The Kier molecular flexibility index (Phi) is 5.14. The number of nitriles is 1. The summed E-state index contributed by atoms with van der Waals surface area (Å²) in [4.78, 5) is 26.9. The summed E-state index contributed by atoms with van der Waals surface area (Å²) in [5.41, 5.74) is 0.445. The van der Waals surface area contributed by atoms with Gasteiger partial charge in [0.15, 0.2) is 5.03 Å². The minimum atomic E-state index is -0.794. The first-order valence-corrected chi connectivity index (χ1v) is 8.40. The van der Waals surface area contributed by atoms with Gasteiger partial charge < -0.3 is 9.64 Å². The lowest BCUT2D eigenvalue weighted by Gasteiger charge is -2.22. The Morgan fingerprint density at radius 3 is 2.88 bits per heavy atom. The van der Waals surface area contributed by atoms with E-state index in [1.54, 1.807) is 29.2 Å². The summed E-state index contributed by atoms with van der Waals surface area (Å²) < 4.78 is 5.55. The molecular weight excluding hydrogens is 338 g/mol. The molecule has 2 heterocycles. The molecule has 2 aliphatic heterocycles. The fourth-order valence-electron chi connectivity index (χ4n) is 3.40. The number of hydrazone groups is 1. The van der Waals surface area contributed by atoms with Crippen molar-refractivity contribution in [2.24, 2.45) is 11.0 Å². The maximum Gasteiger partial charge on any atom is 0.281 e. The molecule has 2 aliphatic rings. The van der Waals surface area contributed by atoms with E-state index in [0.717, 1.165) is 6.42 Å². The van der Waals surface area contributed by atoms with Crippen LogP contribution in [0.2, 0.25) is 0 Å². The van der Waals surface area contributed by atoms with E-state index < -0.39 is 10.9 Å². The van der Waals surface area contributed by atoms with Crippen LogP contribution in [0.15, 0.2) is 29.4 Å². The third-order valence-electron chi connectivity index (χ3n) is 4.57. The zero-order valence-corrected chi connectivity index (χ0v) is 14.4. The Morgan fingerprint density at radius 1 is 1.46 bits per heavy atom. The van der Waals surface area contributed by atoms with E-state index in [9.17, 15) is 20.2 Å². The summed E-state index contributed by atoms with van der Waals surface area (Å²) >= 11 is 0. The maximum atomic E-state index is 12.9. The summed E-state index contributed by atoms with van der Waals surface area (Å²) in [5, 5.41) is 22.9. The molecule has 0 spiro atoms. The van der Waals surface area contributed by atoms with E-state index in [1.807, 2.05) is 13.0 Å². The van der Waals surface area contributed by atoms with Crippen LogP contribution in [-0.4, -0.2) is 59.0 Å². The highest BCUT2D eigenvalue weighted by Gasteiger charge is 2.37. The number of rotatable bonds is 4. The Bertz CT molecular complexity index is 788. The van der Waals surface area contributed by atoms with Gasteiger partial charge in [-0.25, -0.2) is 10.1 Å². The summed E-state index contributed by atoms with van der Waals surface area (Å²) in [6, 6.07) is 8.39. The van der Waals surface area contributed by atoms with Gasteiger partial charge >= 0.3 is 0 Å². The minimum Gasteiger partial charge on any atom is -0.378 e. The molecule has 3 rings (SSSR count). The standard InChI is InChI=1S/C17H19N5O4/c1-12-8-13(11-26-12)10-20-6-7-21(17(20)19-22(24)25)16(23)15-5-3-2-4-14(15)9-18/h2-5,12-13H,6-8,10-11H2,1H3. The molecule has 0 saturated carbocycles. The lowest BCUT2D eigenvalue weighted by atomic mass is 10.1. The van der Waals surface area contributed by atoms with Gasteiger partial charge in [0.25, 0.3) is 11.9 Å². The van der Waals surface area contributed by atoms with Crippen molar-refractivity contribution in [3.8, 4) is 6.07 Å². The highest BCUT2D eigenvalue weighted by molar-refractivity contribution is 6.07. The van der Waals surface area contributed by atoms with Crippen LogP contribution in [0, 0.1) is 27.4 Å². The van der Waals surface area contributed by atoms with Crippen molar-refractivity contribution in [2.45, 2.75) is 19.4 Å². The Hall–Kier alpha value is -2.99. The monoisotopic (exact) mass is 357 g/mol. The quantitative estimate of drug-likeness (QED) is 0.593. The molecular formula is C17H19N5O4. The summed E-state index contributed by atoms with van der Waals surface area (Å²) in [6.07, 6.45) is 1.03. The van der Waals surface area contributed by atoms with Crippen LogP contribution in [0.3, 0.4) is 0 Å². The molecule has 26 heavy (non-hydrogen) atoms. The second-order valence-corrected chi connectivity index (χ2v) is 6.44. The number of carbonyl (C=O) groups is 1. The highest BCUT2D eigenvalue weighted by atomic mass is 16.7. The van der Waals surface area contributed by atoms with Crippen molar-refractivity contribution in [1.29, 1.82) is 5.26 Å².